The van der Waals surface area contributed by atoms with Crippen LogP contribution in [0.2, 0.25) is 0 Å². The molecule has 2 aromatic rings. The molecule has 0 unspecified atom stereocenters. The maximum absolute atomic E-state index is 12.3. The zero-order valence-corrected chi connectivity index (χ0v) is 16.6. The van der Waals surface area contributed by atoms with Gasteiger partial charge in [-0.25, -0.2) is 0 Å². The van der Waals surface area contributed by atoms with E-state index in [9.17, 15) is 15.0 Å². The number of fused-ring (bicyclic) bond motifs is 1. The lowest BCUT2D eigenvalue weighted by atomic mass is 10.1. The summed E-state index contributed by atoms with van der Waals surface area (Å²) in [6.07, 6.45) is 0.622. The van der Waals surface area contributed by atoms with Crippen molar-refractivity contribution in [2.24, 2.45) is 10.2 Å². The SMILES string of the molecule is COCCCn1c(O)c2ccc(C(=O)N=NC(=S)NC(C)(C)C)cc2c1O. The van der Waals surface area contributed by atoms with E-state index in [1.165, 1.54) is 16.7 Å². The van der Waals surface area contributed by atoms with E-state index >= 15 is 0 Å². The fraction of sp³-hybridized carbons (Fsp3) is 0.444. The molecule has 1 aromatic carbocycles. The van der Waals surface area contributed by atoms with Gasteiger partial charge in [0.15, 0.2) is 0 Å². The first-order valence-corrected chi connectivity index (χ1v) is 8.86. The quantitative estimate of drug-likeness (QED) is 0.409. The lowest BCUT2D eigenvalue weighted by molar-refractivity contribution is 0.0995. The predicted octanol–water partition coefficient (Wildman–Crippen LogP) is 3.35. The zero-order valence-electron chi connectivity index (χ0n) is 15.8. The first kappa shape index (κ1) is 20.8. The van der Waals surface area contributed by atoms with E-state index in [0.29, 0.717) is 30.3 Å². The highest BCUT2D eigenvalue weighted by Crippen LogP contribution is 2.37. The summed E-state index contributed by atoms with van der Waals surface area (Å²) in [6, 6.07) is 4.55. The van der Waals surface area contributed by atoms with Crippen LogP contribution in [0.3, 0.4) is 0 Å². The molecule has 1 heterocycles. The summed E-state index contributed by atoms with van der Waals surface area (Å²) < 4.78 is 6.36. The Hall–Kier alpha value is -2.52. The summed E-state index contributed by atoms with van der Waals surface area (Å²) in [4.78, 5) is 12.3. The third kappa shape index (κ3) is 5.24. The molecule has 9 heteroatoms. The number of nitrogens with zero attached hydrogens (tertiary/aromatic N) is 3. The van der Waals surface area contributed by atoms with E-state index in [2.05, 4.69) is 15.5 Å². The Balaban J connectivity index is 2.23. The largest absolute Gasteiger partial charge is 0.494 e. The Morgan fingerprint density at radius 2 is 1.89 bits per heavy atom. The van der Waals surface area contributed by atoms with Crippen molar-refractivity contribution < 1.29 is 19.7 Å². The van der Waals surface area contributed by atoms with Crippen molar-refractivity contribution in [3.63, 3.8) is 0 Å². The van der Waals surface area contributed by atoms with E-state index < -0.39 is 5.91 Å². The van der Waals surface area contributed by atoms with E-state index in [0.717, 1.165) is 0 Å². The normalized spacial score (nSPS) is 12.0. The first-order valence-electron chi connectivity index (χ1n) is 8.45. The van der Waals surface area contributed by atoms with Gasteiger partial charge in [-0.2, -0.15) is 0 Å². The minimum atomic E-state index is -0.596. The van der Waals surface area contributed by atoms with E-state index in [-0.39, 0.29) is 28.0 Å². The van der Waals surface area contributed by atoms with Crippen molar-refractivity contribution in [3.8, 4) is 11.8 Å². The van der Waals surface area contributed by atoms with Crippen LogP contribution in [0, 0.1) is 0 Å². The molecule has 1 amide bonds. The predicted molar refractivity (Wildman–Crippen MR) is 106 cm³/mol. The number of azo groups is 1. The molecule has 0 aliphatic carbocycles. The number of methoxy groups -OCH3 is 1. The van der Waals surface area contributed by atoms with Crippen molar-refractivity contribution in [1.29, 1.82) is 0 Å². The summed E-state index contributed by atoms with van der Waals surface area (Å²) >= 11 is 5.03. The second kappa shape index (κ2) is 8.45. The summed E-state index contributed by atoms with van der Waals surface area (Å²) in [7, 11) is 1.58. The molecule has 0 fully saturated rings. The van der Waals surface area contributed by atoms with Gasteiger partial charge >= 0.3 is 0 Å². The Bertz CT molecular complexity index is 884. The van der Waals surface area contributed by atoms with Crippen molar-refractivity contribution in [1.82, 2.24) is 9.88 Å². The topological polar surface area (TPSA) is 108 Å². The number of carbonyl (C=O) groups excluding carboxylic acids is 1. The number of hydrogen-bond acceptors (Lipinski definition) is 5. The molecule has 0 aliphatic heterocycles. The fourth-order valence-electron chi connectivity index (χ4n) is 2.52. The average Bonchev–Trinajstić information content (AvgIpc) is 2.82. The molecule has 146 valence electrons. The van der Waals surface area contributed by atoms with Gasteiger partial charge in [-0.3, -0.25) is 9.36 Å². The van der Waals surface area contributed by atoms with Crippen molar-refractivity contribution in [2.75, 3.05) is 13.7 Å². The van der Waals surface area contributed by atoms with E-state index in [1.54, 1.807) is 13.2 Å². The minimum absolute atomic E-state index is 0.0604. The van der Waals surface area contributed by atoms with Gasteiger partial charge in [-0.15, -0.1) is 10.2 Å². The molecule has 0 aliphatic rings. The van der Waals surface area contributed by atoms with Crippen molar-refractivity contribution >= 4 is 34.0 Å². The molecule has 0 atom stereocenters. The van der Waals surface area contributed by atoms with E-state index in [4.69, 9.17) is 17.0 Å². The van der Waals surface area contributed by atoms with E-state index in [1.807, 2.05) is 20.8 Å². The highest BCUT2D eigenvalue weighted by atomic mass is 32.1. The zero-order chi connectivity index (χ0) is 20.2. The Morgan fingerprint density at radius 3 is 2.52 bits per heavy atom. The van der Waals surface area contributed by atoms with Gasteiger partial charge in [0.2, 0.25) is 16.9 Å². The van der Waals surface area contributed by atoms with Gasteiger partial charge in [0.25, 0.3) is 5.91 Å². The number of amides is 1. The van der Waals surface area contributed by atoms with Crippen LogP contribution in [-0.4, -0.2) is 45.1 Å². The van der Waals surface area contributed by atoms with Gasteiger partial charge in [-0.1, -0.05) is 0 Å². The molecule has 8 nitrogen and oxygen atoms in total. The number of aromatic nitrogens is 1. The number of aromatic hydroxyl groups is 2. The Morgan fingerprint density at radius 1 is 1.22 bits per heavy atom. The number of carbonyl (C=O) groups is 1. The Labute approximate surface area is 162 Å². The van der Waals surface area contributed by atoms with Crippen LogP contribution in [0.4, 0.5) is 0 Å². The first-order chi connectivity index (χ1) is 12.6. The minimum Gasteiger partial charge on any atom is -0.494 e. The van der Waals surface area contributed by atoms with Crippen LogP contribution in [0.15, 0.2) is 28.4 Å². The summed E-state index contributed by atoms with van der Waals surface area (Å²) in [5, 5.41) is 31.9. The maximum Gasteiger partial charge on any atom is 0.295 e. The van der Waals surface area contributed by atoms with Crippen molar-refractivity contribution in [3.05, 3.63) is 23.8 Å². The van der Waals surface area contributed by atoms with Gasteiger partial charge in [0.1, 0.15) is 0 Å². The van der Waals surface area contributed by atoms with Crippen LogP contribution in [0.1, 0.15) is 37.6 Å². The van der Waals surface area contributed by atoms with Crippen LogP contribution in [0.25, 0.3) is 10.8 Å². The molecular weight excluding hydrogens is 368 g/mol. The highest BCUT2D eigenvalue weighted by Gasteiger charge is 2.18. The lowest BCUT2D eigenvalue weighted by Crippen LogP contribution is -2.38. The summed E-state index contributed by atoms with van der Waals surface area (Å²) in [5.74, 6) is -0.772. The van der Waals surface area contributed by atoms with Crippen molar-refractivity contribution in [2.45, 2.75) is 39.3 Å². The molecule has 0 saturated carbocycles. The molecule has 0 bridgehead atoms. The van der Waals surface area contributed by atoms with Crippen LogP contribution < -0.4 is 5.32 Å². The number of nitrogens with one attached hydrogen (secondary N) is 1. The van der Waals surface area contributed by atoms with Gasteiger partial charge in [0, 0.05) is 42.1 Å². The van der Waals surface area contributed by atoms with Gasteiger partial charge in [0.05, 0.1) is 0 Å². The monoisotopic (exact) mass is 392 g/mol. The third-order valence-electron chi connectivity index (χ3n) is 3.70. The highest BCUT2D eigenvalue weighted by molar-refractivity contribution is 7.80. The molecule has 1 aromatic heterocycles. The van der Waals surface area contributed by atoms with Gasteiger partial charge in [-0.05, 0) is 57.6 Å². The number of ether oxygens (including phenoxy) is 1. The molecule has 27 heavy (non-hydrogen) atoms. The second-order valence-electron chi connectivity index (χ2n) is 7.09. The van der Waals surface area contributed by atoms with Crippen LogP contribution in [0.5, 0.6) is 11.8 Å². The smallest absolute Gasteiger partial charge is 0.295 e. The standard InChI is InChI=1S/C18H24N4O4S/c1-18(2,3)19-17(27)21-20-14(23)11-6-7-12-13(10-11)16(25)22(15(12)24)8-5-9-26-4/h6-7,10,24-25H,5,8-9H2,1-4H3,(H,19,27). The lowest BCUT2D eigenvalue weighted by Gasteiger charge is -2.19. The number of thiocarbonyl (C=S) groups is 1. The number of rotatable bonds is 5. The molecule has 0 saturated heterocycles. The fourth-order valence-corrected chi connectivity index (χ4v) is 2.87. The number of hydrogen-bond donors (Lipinski definition) is 3. The molecule has 3 N–H and O–H groups in total. The molecule has 2 rings (SSSR count). The molecular formula is C18H24N4O4S. The van der Waals surface area contributed by atoms with Crippen LogP contribution >= 0.6 is 12.2 Å². The number of benzene rings is 1. The maximum atomic E-state index is 12.3. The second-order valence-corrected chi connectivity index (χ2v) is 7.48. The summed E-state index contributed by atoms with van der Waals surface area (Å²) in [5.41, 5.74) is -0.0539. The summed E-state index contributed by atoms with van der Waals surface area (Å²) in [6.45, 7) is 6.63. The molecule has 0 spiro atoms. The third-order valence-corrected chi connectivity index (χ3v) is 3.89. The Kier molecular flexibility index (Phi) is 6.50. The average molecular weight is 392 g/mol. The molecule has 0 radical (unpaired) electrons. The van der Waals surface area contributed by atoms with Crippen LogP contribution in [-0.2, 0) is 11.3 Å². The van der Waals surface area contributed by atoms with Gasteiger partial charge < -0.3 is 20.3 Å².